The van der Waals surface area contributed by atoms with Crippen molar-refractivity contribution in [3.63, 3.8) is 0 Å². The summed E-state index contributed by atoms with van der Waals surface area (Å²) >= 11 is 0. The fraction of sp³-hybridized carbons (Fsp3) is 0.700. The summed E-state index contributed by atoms with van der Waals surface area (Å²) in [7, 11) is 1.46. The molecule has 0 bridgehead atoms. The van der Waals surface area contributed by atoms with Gasteiger partial charge in [-0.2, -0.15) is 0 Å². The van der Waals surface area contributed by atoms with E-state index in [-0.39, 0.29) is 11.4 Å². The molecule has 12 heavy (non-hydrogen) atoms. The minimum atomic E-state index is -0.269. The van der Waals surface area contributed by atoms with Crippen molar-refractivity contribution >= 4 is 5.97 Å². The normalized spacial score (nSPS) is 20.0. The van der Waals surface area contributed by atoms with Crippen LogP contribution in [0, 0.1) is 11.3 Å². The average Bonchev–Trinajstić information content (AvgIpc) is 2.52. The molecule has 0 saturated carbocycles. The van der Waals surface area contributed by atoms with E-state index in [1.807, 2.05) is 0 Å². The number of hydrogen-bond donors (Lipinski definition) is 0. The van der Waals surface area contributed by atoms with E-state index in [4.69, 9.17) is 4.74 Å². The highest BCUT2D eigenvalue weighted by atomic mass is 16.5. The molecule has 2 nitrogen and oxygen atoms in total. The van der Waals surface area contributed by atoms with Gasteiger partial charge in [0.1, 0.15) is 0 Å². The molecule has 0 saturated heterocycles. The number of esters is 1. The van der Waals surface area contributed by atoms with Gasteiger partial charge in [-0.05, 0) is 18.8 Å². The first kappa shape index (κ1) is 9.30. The molecule has 0 radical (unpaired) electrons. The van der Waals surface area contributed by atoms with Crippen LogP contribution in [0.2, 0.25) is 0 Å². The number of hydrogen-bond acceptors (Lipinski definition) is 2. The monoisotopic (exact) mass is 168 g/mol. The van der Waals surface area contributed by atoms with Gasteiger partial charge in [0.2, 0.25) is 0 Å². The van der Waals surface area contributed by atoms with E-state index in [0.717, 1.165) is 12.8 Å². The molecule has 0 heterocycles. The minimum Gasteiger partial charge on any atom is -0.469 e. The summed E-state index contributed by atoms with van der Waals surface area (Å²) in [5.41, 5.74) is -0.269. The smallest absolute Gasteiger partial charge is 0.312 e. The fourth-order valence-corrected chi connectivity index (χ4v) is 1.75. The van der Waals surface area contributed by atoms with Crippen molar-refractivity contribution in [1.29, 1.82) is 0 Å². The number of ether oxygens (including phenoxy) is 1. The second-order valence-corrected chi connectivity index (χ2v) is 3.68. The maximum Gasteiger partial charge on any atom is 0.312 e. The SMILES string of the molecule is COC(=O)C1(C(C)C)CC=CC1. The number of carbonyl (C=O) groups is 1. The first-order chi connectivity index (χ1) is 5.63. The largest absolute Gasteiger partial charge is 0.469 e. The molecule has 0 aromatic carbocycles. The van der Waals surface area contributed by atoms with E-state index < -0.39 is 0 Å². The summed E-state index contributed by atoms with van der Waals surface area (Å²) in [4.78, 5) is 11.5. The van der Waals surface area contributed by atoms with Crippen molar-refractivity contribution in [1.82, 2.24) is 0 Å². The number of allylic oxidation sites excluding steroid dienone is 2. The summed E-state index contributed by atoms with van der Waals surface area (Å²) in [6.07, 6.45) is 5.79. The topological polar surface area (TPSA) is 26.3 Å². The van der Waals surface area contributed by atoms with E-state index in [1.54, 1.807) is 0 Å². The number of rotatable bonds is 2. The Morgan fingerprint density at radius 3 is 2.25 bits per heavy atom. The predicted molar refractivity (Wildman–Crippen MR) is 47.7 cm³/mol. The molecule has 0 N–H and O–H groups in total. The second-order valence-electron chi connectivity index (χ2n) is 3.68. The molecule has 0 atom stereocenters. The van der Waals surface area contributed by atoms with Gasteiger partial charge in [0.15, 0.2) is 0 Å². The first-order valence-electron chi connectivity index (χ1n) is 4.37. The molecular formula is C10H16O2. The van der Waals surface area contributed by atoms with Gasteiger partial charge in [-0.15, -0.1) is 0 Å². The van der Waals surface area contributed by atoms with Crippen molar-refractivity contribution in [3.05, 3.63) is 12.2 Å². The van der Waals surface area contributed by atoms with Crippen LogP contribution >= 0.6 is 0 Å². The van der Waals surface area contributed by atoms with Gasteiger partial charge in [-0.3, -0.25) is 4.79 Å². The lowest BCUT2D eigenvalue weighted by Crippen LogP contribution is -2.34. The molecule has 0 unspecified atom stereocenters. The molecule has 0 fully saturated rings. The van der Waals surface area contributed by atoms with Crippen LogP contribution < -0.4 is 0 Å². The summed E-state index contributed by atoms with van der Waals surface area (Å²) in [6, 6.07) is 0. The van der Waals surface area contributed by atoms with Gasteiger partial charge in [-0.25, -0.2) is 0 Å². The highest BCUT2D eigenvalue weighted by Gasteiger charge is 2.42. The van der Waals surface area contributed by atoms with Crippen molar-refractivity contribution < 1.29 is 9.53 Å². The van der Waals surface area contributed by atoms with Gasteiger partial charge in [0, 0.05) is 0 Å². The zero-order valence-electron chi connectivity index (χ0n) is 7.96. The van der Waals surface area contributed by atoms with Crippen LogP contribution in [0.15, 0.2) is 12.2 Å². The maximum atomic E-state index is 11.5. The zero-order chi connectivity index (χ0) is 9.19. The van der Waals surface area contributed by atoms with Crippen molar-refractivity contribution in [2.24, 2.45) is 11.3 Å². The average molecular weight is 168 g/mol. The molecule has 0 aromatic rings. The van der Waals surface area contributed by atoms with Crippen LogP contribution in [-0.2, 0) is 9.53 Å². The Kier molecular flexibility index (Phi) is 2.55. The van der Waals surface area contributed by atoms with Gasteiger partial charge in [-0.1, -0.05) is 26.0 Å². The van der Waals surface area contributed by atoms with E-state index in [9.17, 15) is 4.79 Å². The van der Waals surface area contributed by atoms with Crippen molar-refractivity contribution in [3.8, 4) is 0 Å². The third kappa shape index (κ3) is 1.26. The Balaban J connectivity index is 2.81. The van der Waals surface area contributed by atoms with Gasteiger partial charge in [0.25, 0.3) is 0 Å². The number of methoxy groups -OCH3 is 1. The summed E-state index contributed by atoms with van der Waals surface area (Å²) in [6.45, 7) is 4.15. The molecule has 68 valence electrons. The Bertz CT molecular complexity index is 196. The molecule has 0 spiro atoms. The maximum absolute atomic E-state index is 11.5. The molecule has 1 rings (SSSR count). The molecule has 1 aliphatic carbocycles. The molecule has 0 aromatic heterocycles. The lowest BCUT2D eigenvalue weighted by atomic mass is 9.75. The highest BCUT2D eigenvalue weighted by Crippen LogP contribution is 2.41. The lowest BCUT2D eigenvalue weighted by molar-refractivity contribution is -0.154. The quantitative estimate of drug-likeness (QED) is 0.466. The van der Waals surface area contributed by atoms with Crippen LogP contribution in [0.25, 0.3) is 0 Å². The van der Waals surface area contributed by atoms with Gasteiger partial charge < -0.3 is 4.74 Å². The van der Waals surface area contributed by atoms with Gasteiger partial charge in [0.05, 0.1) is 12.5 Å². The van der Waals surface area contributed by atoms with Crippen LogP contribution in [-0.4, -0.2) is 13.1 Å². The summed E-state index contributed by atoms with van der Waals surface area (Å²) < 4.78 is 4.82. The van der Waals surface area contributed by atoms with Crippen LogP contribution in [0.4, 0.5) is 0 Å². The van der Waals surface area contributed by atoms with Gasteiger partial charge >= 0.3 is 5.97 Å². The Morgan fingerprint density at radius 1 is 1.42 bits per heavy atom. The minimum absolute atomic E-state index is 0.0671. The lowest BCUT2D eigenvalue weighted by Gasteiger charge is -2.29. The number of carbonyl (C=O) groups excluding carboxylic acids is 1. The van der Waals surface area contributed by atoms with E-state index in [0.29, 0.717) is 5.92 Å². The highest BCUT2D eigenvalue weighted by molar-refractivity contribution is 5.78. The van der Waals surface area contributed by atoms with E-state index >= 15 is 0 Å². The predicted octanol–water partition coefficient (Wildman–Crippen LogP) is 2.15. The Morgan fingerprint density at radius 2 is 1.92 bits per heavy atom. The van der Waals surface area contributed by atoms with Crippen LogP contribution in [0.3, 0.4) is 0 Å². The Labute approximate surface area is 73.6 Å². The van der Waals surface area contributed by atoms with Crippen LogP contribution in [0.5, 0.6) is 0 Å². The Hall–Kier alpha value is -0.790. The van der Waals surface area contributed by atoms with Crippen molar-refractivity contribution in [2.45, 2.75) is 26.7 Å². The second kappa shape index (κ2) is 3.30. The molecule has 2 heteroatoms. The standard InChI is InChI=1S/C10H16O2/c1-8(2)10(9(11)12-3)6-4-5-7-10/h4-5,8H,6-7H2,1-3H3. The van der Waals surface area contributed by atoms with E-state index in [1.165, 1.54) is 7.11 Å². The molecule has 1 aliphatic rings. The summed E-state index contributed by atoms with van der Waals surface area (Å²) in [5, 5.41) is 0. The first-order valence-corrected chi connectivity index (χ1v) is 4.37. The van der Waals surface area contributed by atoms with Crippen molar-refractivity contribution in [2.75, 3.05) is 7.11 Å². The zero-order valence-corrected chi connectivity index (χ0v) is 7.96. The third-order valence-electron chi connectivity index (χ3n) is 2.83. The van der Waals surface area contributed by atoms with Crippen LogP contribution in [0.1, 0.15) is 26.7 Å². The third-order valence-corrected chi connectivity index (χ3v) is 2.83. The molecule has 0 amide bonds. The molecular weight excluding hydrogens is 152 g/mol. The van der Waals surface area contributed by atoms with E-state index in [2.05, 4.69) is 26.0 Å². The molecule has 0 aliphatic heterocycles. The summed E-state index contributed by atoms with van der Waals surface area (Å²) in [5.74, 6) is 0.280. The fourth-order valence-electron chi connectivity index (χ4n) is 1.75.